The Hall–Kier alpha value is -3.22. The van der Waals surface area contributed by atoms with Crippen LogP contribution in [0.4, 0.5) is 0 Å². The third kappa shape index (κ3) is 3.37. The number of aromatic amines is 1. The van der Waals surface area contributed by atoms with Crippen molar-refractivity contribution in [2.75, 3.05) is 0 Å². The zero-order valence-electron chi connectivity index (χ0n) is 17.5. The molecule has 0 saturated heterocycles. The van der Waals surface area contributed by atoms with Gasteiger partial charge in [0, 0.05) is 17.6 Å². The summed E-state index contributed by atoms with van der Waals surface area (Å²) in [4.78, 5) is 24.9. The van der Waals surface area contributed by atoms with Crippen molar-refractivity contribution in [3.63, 3.8) is 0 Å². The molecule has 4 rings (SSSR count). The van der Waals surface area contributed by atoms with Crippen molar-refractivity contribution in [3.05, 3.63) is 58.3 Å². The summed E-state index contributed by atoms with van der Waals surface area (Å²) in [6.07, 6.45) is 2.41. The third-order valence-electron chi connectivity index (χ3n) is 5.39. The van der Waals surface area contributed by atoms with Gasteiger partial charge in [-0.05, 0) is 49.4 Å². The molecule has 7 nitrogen and oxygen atoms in total. The van der Waals surface area contributed by atoms with Crippen LogP contribution < -0.4 is 5.32 Å². The first-order valence-electron chi connectivity index (χ1n) is 9.98. The molecular weight excluding hydrogens is 364 g/mol. The second kappa shape index (κ2) is 7.31. The Morgan fingerprint density at radius 1 is 1.24 bits per heavy atom. The molecule has 0 aliphatic carbocycles. The fourth-order valence-corrected chi connectivity index (χ4v) is 3.83. The molecule has 0 atom stereocenters. The number of rotatable bonds is 5. The van der Waals surface area contributed by atoms with Crippen LogP contribution in [0.1, 0.15) is 65.3 Å². The normalized spacial score (nSPS) is 11.7. The van der Waals surface area contributed by atoms with E-state index in [0.717, 1.165) is 23.2 Å². The Morgan fingerprint density at radius 2 is 2.03 bits per heavy atom. The van der Waals surface area contributed by atoms with E-state index in [2.05, 4.69) is 72.1 Å². The number of hydrogen-bond acceptors (Lipinski definition) is 4. The first-order chi connectivity index (χ1) is 13.9. The van der Waals surface area contributed by atoms with E-state index in [1.165, 1.54) is 28.5 Å². The number of carbonyl (C=O) groups excluding carboxylic acids is 1. The number of H-pyrrole nitrogens is 1. The molecule has 7 heteroatoms. The topological polar surface area (TPSA) is 88.0 Å². The van der Waals surface area contributed by atoms with Crippen LogP contribution in [0.15, 0.2) is 24.5 Å². The summed E-state index contributed by atoms with van der Waals surface area (Å²) in [5.74, 6) is 0.414. The molecule has 4 aromatic rings. The van der Waals surface area contributed by atoms with Crippen LogP contribution in [0.3, 0.4) is 0 Å². The van der Waals surface area contributed by atoms with Gasteiger partial charge in [0.25, 0.3) is 11.7 Å². The summed E-state index contributed by atoms with van der Waals surface area (Å²) in [6.45, 7) is 10.9. The van der Waals surface area contributed by atoms with E-state index in [9.17, 15) is 4.79 Å². The Morgan fingerprint density at radius 3 is 2.76 bits per heavy atom. The zero-order chi connectivity index (χ0) is 20.7. The molecule has 0 saturated carbocycles. The standard InChI is InChI=1S/C22H26N6O/c1-6-17-14(5)16-8-13(4)7-15(20(16)26-17)10-23-21(29)18-9-19(12(2)3)28-22(27-18)24-11-25-28/h7-9,11-12,26H,6,10H2,1-5H3,(H,23,29). The summed E-state index contributed by atoms with van der Waals surface area (Å²) >= 11 is 0. The van der Waals surface area contributed by atoms with Crippen molar-refractivity contribution in [1.82, 2.24) is 29.9 Å². The lowest BCUT2D eigenvalue weighted by Gasteiger charge is -2.11. The summed E-state index contributed by atoms with van der Waals surface area (Å²) in [7, 11) is 0. The van der Waals surface area contributed by atoms with Crippen LogP contribution in [-0.4, -0.2) is 30.5 Å². The van der Waals surface area contributed by atoms with Gasteiger partial charge in [-0.15, -0.1) is 0 Å². The fraction of sp³-hybridized carbons (Fsp3) is 0.364. The van der Waals surface area contributed by atoms with Crippen LogP contribution in [0.5, 0.6) is 0 Å². The molecule has 29 heavy (non-hydrogen) atoms. The second-order valence-electron chi connectivity index (χ2n) is 7.80. The minimum atomic E-state index is -0.217. The highest BCUT2D eigenvalue weighted by atomic mass is 16.1. The Balaban J connectivity index is 1.64. The molecule has 0 unspecified atom stereocenters. The largest absolute Gasteiger partial charge is 0.358 e. The van der Waals surface area contributed by atoms with Crippen molar-refractivity contribution < 1.29 is 4.79 Å². The minimum Gasteiger partial charge on any atom is -0.358 e. The van der Waals surface area contributed by atoms with Crippen molar-refractivity contribution >= 4 is 22.6 Å². The van der Waals surface area contributed by atoms with Crippen molar-refractivity contribution in [2.45, 2.75) is 53.5 Å². The first-order valence-corrected chi connectivity index (χ1v) is 9.98. The third-order valence-corrected chi connectivity index (χ3v) is 5.39. The lowest BCUT2D eigenvalue weighted by molar-refractivity contribution is 0.0946. The van der Waals surface area contributed by atoms with Crippen molar-refractivity contribution in [1.29, 1.82) is 0 Å². The van der Waals surface area contributed by atoms with E-state index in [4.69, 9.17) is 0 Å². The van der Waals surface area contributed by atoms with Gasteiger partial charge in [0.1, 0.15) is 12.0 Å². The van der Waals surface area contributed by atoms with Gasteiger partial charge in [0.2, 0.25) is 0 Å². The SMILES string of the molecule is CCc1[nH]c2c(CNC(=O)c3cc(C(C)C)n4ncnc4n3)cc(C)cc2c1C. The van der Waals surface area contributed by atoms with E-state index in [1.807, 2.05) is 0 Å². The molecule has 1 aromatic carbocycles. The lowest BCUT2D eigenvalue weighted by atomic mass is 10.0. The summed E-state index contributed by atoms with van der Waals surface area (Å²) in [5.41, 5.74) is 7.12. The van der Waals surface area contributed by atoms with E-state index in [1.54, 1.807) is 10.6 Å². The predicted octanol–water partition coefficient (Wildman–Crippen LogP) is 3.84. The number of nitrogens with one attached hydrogen (secondary N) is 2. The van der Waals surface area contributed by atoms with E-state index >= 15 is 0 Å². The molecule has 0 aliphatic rings. The highest BCUT2D eigenvalue weighted by molar-refractivity contribution is 5.93. The fourth-order valence-electron chi connectivity index (χ4n) is 3.83. The second-order valence-corrected chi connectivity index (χ2v) is 7.80. The molecule has 0 aliphatic heterocycles. The average Bonchev–Trinajstić information content (AvgIpc) is 3.29. The molecule has 3 aromatic heterocycles. The predicted molar refractivity (Wildman–Crippen MR) is 113 cm³/mol. The van der Waals surface area contributed by atoms with E-state index in [0.29, 0.717) is 18.0 Å². The van der Waals surface area contributed by atoms with Crippen molar-refractivity contribution in [2.24, 2.45) is 0 Å². The maximum atomic E-state index is 12.9. The Kier molecular flexibility index (Phi) is 4.82. The highest BCUT2D eigenvalue weighted by Gasteiger charge is 2.16. The molecule has 0 fully saturated rings. The van der Waals surface area contributed by atoms with Gasteiger partial charge in [-0.25, -0.2) is 9.50 Å². The number of fused-ring (bicyclic) bond motifs is 2. The van der Waals surface area contributed by atoms with Crippen LogP contribution in [0.2, 0.25) is 0 Å². The van der Waals surface area contributed by atoms with Crippen LogP contribution in [0.25, 0.3) is 16.7 Å². The molecule has 0 radical (unpaired) electrons. The number of carbonyl (C=O) groups is 1. The molecule has 1 amide bonds. The summed E-state index contributed by atoms with van der Waals surface area (Å²) in [5, 5.41) is 8.45. The maximum absolute atomic E-state index is 12.9. The Bertz CT molecular complexity index is 1220. The smallest absolute Gasteiger partial charge is 0.270 e. The lowest BCUT2D eigenvalue weighted by Crippen LogP contribution is -2.25. The molecule has 2 N–H and O–H groups in total. The highest BCUT2D eigenvalue weighted by Crippen LogP contribution is 2.27. The van der Waals surface area contributed by atoms with Gasteiger partial charge >= 0.3 is 0 Å². The average molecular weight is 390 g/mol. The zero-order valence-corrected chi connectivity index (χ0v) is 17.5. The molecule has 3 heterocycles. The number of aromatic nitrogens is 5. The number of aryl methyl sites for hydroxylation is 3. The maximum Gasteiger partial charge on any atom is 0.270 e. The van der Waals surface area contributed by atoms with Crippen LogP contribution >= 0.6 is 0 Å². The van der Waals surface area contributed by atoms with Gasteiger partial charge in [-0.2, -0.15) is 10.1 Å². The number of amides is 1. The van der Waals surface area contributed by atoms with Gasteiger partial charge in [-0.1, -0.05) is 32.4 Å². The first kappa shape index (κ1) is 19.1. The number of hydrogen-bond donors (Lipinski definition) is 2. The van der Waals surface area contributed by atoms with E-state index in [-0.39, 0.29) is 11.8 Å². The van der Waals surface area contributed by atoms with Crippen LogP contribution in [-0.2, 0) is 13.0 Å². The Labute approximate surface area is 169 Å². The van der Waals surface area contributed by atoms with Gasteiger partial charge in [0.05, 0.1) is 11.2 Å². The van der Waals surface area contributed by atoms with Gasteiger partial charge in [0.15, 0.2) is 0 Å². The van der Waals surface area contributed by atoms with Gasteiger partial charge in [-0.3, -0.25) is 4.79 Å². The molecular formula is C22H26N6O. The monoisotopic (exact) mass is 390 g/mol. The van der Waals surface area contributed by atoms with Gasteiger partial charge < -0.3 is 10.3 Å². The molecule has 0 bridgehead atoms. The molecule has 150 valence electrons. The molecule has 0 spiro atoms. The van der Waals surface area contributed by atoms with Crippen LogP contribution in [0, 0.1) is 13.8 Å². The summed E-state index contributed by atoms with van der Waals surface area (Å²) < 4.78 is 1.68. The summed E-state index contributed by atoms with van der Waals surface area (Å²) in [6, 6.07) is 6.11. The quantitative estimate of drug-likeness (QED) is 0.542. The number of nitrogens with zero attached hydrogens (tertiary/aromatic N) is 4. The minimum absolute atomic E-state index is 0.194. The van der Waals surface area contributed by atoms with Crippen molar-refractivity contribution in [3.8, 4) is 0 Å². The number of benzene rings is 1. The van der Waals surface area contributed by atoms with E-state index < -0.39 is 0 Å².